The van der Waals surface area contributed by atoms with Crippen LogP contribution in [0.15, 0.2) is 29.4 Å². The third-order valence-corrected chi connectivity index (χ3v) is 7.34. The maximum atomic E-state index is 14.2. The van der Waals surface area contributed by atoms with E-state index >= 15 is 0 Å². The molecule has 0 radical (unpaired) electrons. The summed E-state index contributed by atoms with van der Waals surface area (Å²) < 4.78 is 26.0. The standard InChI is InChI=1S/C15H17Cl2F2NS/c16-15(17)11-5-1-3-7-13(11,8-9-14(15,18)19)21-12-6-2-4-10-20-12/h2,4,6,10-11H,1,3,5,7-9H2. The van der Waals surface area contributed by atoms with Crippen LogP contribution in [0.5, 0.6) is 0 Å². The van der Waals surface area contributed by atoms with Crippen molar-refractivity contribution in [2.75, 3.05) is 0 Å². The van der Waals surface area contributed by atoms with Crippen molar-refractivity contribution in [3.63, 3.8) is 0 Å². The molecule has 2 fully saturated rings. The number of halogens is 4. The topological polar surface area (TPSA) is 12.9 Å². The van der Waals surface area contributed by atoms with Crippen molar-refractivity contribution >= 4 is 35.0 Å². The molecule has 1 aromatic rings. The minimum Gasteiger partial charge on any atom is -0.250 e. The number of fused-ring (bicyclic) bond motifs is 1. The van der Waals surface area contributed by atoms with Gasteiger partial charge in [-0.05, 0) is 31.4 Å². The summed E-state index contributed by atoms with van der Waals surface area (Å²) in [6.07, 6.45) is 5.38. The molecule has 1 aromatic heterocycles. The van der Waals surface area contributed by atoms with Gasteiger partial charge in [0.2, 0.25) is 0 Å². The molecule has 2 saturated carbocycles. The number of aromatic nitrogens is 1. The van der Waals surface area contributed by atoms with Crippen LogP contribution >= 0.6 is 35.0 Å². The van der Waals surface area contributed by atoms with Gasteiger partial charge in [-0.1, -0.05) is 53.9 Å². The van der Waals surface area contributed by atoms with Crippen LogP contribution in [-0.2, 0) is 0 Å². The Morgan fingerprint density at radius 3 is 2.67 bits per heavy atom. The third-order valence-electron chi connectivity index (χ3n) is 4.71. The summed E-state index contributed by atoms with van der Waals surface area (Å²) in [5.41, 5.74) is 0. The van der Waals surface area contributed by atoms with Gasteiger partial charge in [0.15, 0.2) is 4.33 Å². The van der Waals surface area contributed by atoms with E-state index in [2.05, 4.69) is 4.98 Å². The first-order valence-electron chi connectivity index (χ1n) is 7.23. The van der Waals surface area contributed by atoms with E-state index in [4.69, 9.17) is 23.2 Å². The number of alkyl halides is 4. The molecule has 0 spiro atoms. The summed E-state index contributed by atoms with van der Waals surface area (Å²) in [5.74, 6) is -3.43. The average Bonchev–Trinajstić information content (AvgIpc) is 2.45. The number of rotatable bonds is 2. The predicted octanol–water partition coefficient (Wildman–Crippen LogP) is 5.71. The molecule has 0 aromatic carbocycles. The lowest BCUT2D eigenvalue weighted by Crippen LogP contribution is -2.59. The van der Waals surface area contributed by atoms with Crippen LogP contribution in [0.2, 0.25) is 0 Å². The second kappa shape index (κ2) is 5.54. The molecule has 116 valence electrons. The van der Waals surface area contributed by atoms with Crippen molar-refractivity contribution in [1.29, 1.82) is 0 Å². The van der Waals surface area contributed by atoms with Crippen molar-refractivity contribution in [3.8, 4) is 0 Å². The Hall–Kier alpha value is -0.0600. The van der Waals surface area contributed by atoms with Gasteiger partial charge in [0, 0.05) is 23.3 Å². The van der Waals surface area contributed by atoms with Crippen LogP contribution in [0.25, 0.3) is 0 Å². The first-order valence-corrected chi connectivity index (χ1v) is 8.80. The van der Waals surface area contributed by atoms with Gasteiger partial charge >= 0.3 is 0 Å². The predicted molar refractivity (Wildman–Crippen MR) is 83.4 cm³/mol. The summed E-state index contributed by atoms with van der Waals surface area (Å²) in [6, 6.07) is 5.68. The Kier molecular flexibility index (Phi) is 4.17. The van der Waals surface area contributed by atoms with E-state index in [1.54, 1.807) is 18.0 Å². The molecule has 0 amide bonds. The molecule has 2 unspecified atom stereocenters. The van der Waals surface area contributed by atoms with Gasteiger partial charge in [-0.25, -0.2) is 13.8 Å². The summed E-state index contributed by atoms with van der Waals surface area (Å²) in [7, 11) is 0. The summed E-state index contributed by atoms with van der Waals surface area (Å²) >= 11 is 13.9. The Balaban J connectivity index is 1.94. The smallest absolute Gasteiger partial charge is 0.250 e. The van der Waals surface area contributed by atoms with Gasteiger partial charge in [-0.2, -0.15) is 0 Å². The summed E-state index contributed by atoms with van der Waals surface area (Å²) in [5, 5.41) is 0.860. The summed E-state index contributed by atoms with van der Waals surface area (Å²) in [4.78, 5) is 4.33. The SMILES string of the molecule is FC1(F)CCC2(Sc3ccccn3)CCCCC2C1(Cl)Cl. The van der Waals surface area contributed by atoms with Gasteiger partial charge in [0.05, 0.1) is 5.03 Å². The normalized spacial score (nSPS) is 34.2. The van der Waals surface area contributed by atoms with E-state index in [1.165, 1.54) is 0 Å². The van der Waals surface area contributed by atoms with Crippen LogP contribution in [0.3, 0.4) is 0 Å². The molecular weight excluding hydrogens is 335 g/mol. The number of pyridine rings is 1. The quantitative estimate of drug-likeness (QED) is 0.633. The second-order valence-electron chi connectivity index (χ2n) is 5.96. The van der Waals surface area contributed by atoms with E-state index in [0.29, 0.717) is 12.8 Å². The molecule has 21 heavy (non-hydrogen) atoms. The van der Waals surface area contributed by atoms with Gasteiger partial charge in [0.25, 0.3) is 5.92 Å². The van der Waals surface area contributed by atoms with Crippen LogP contribution in [0.1, 0.15) is 38.5 Å². The van der Waals surface area contributed by atoms with Crippen molar-refractivity contribution in [2.24, 2.45) is 5.92 Å². The number of thioether (sulfide) groups is 1. The molecule has 0 N–H and O–H groups in total. The number of hydrogen-bond acceptors (Lipinski definition) is 2. The van der Waals surface area contributed by atoms with Crippen LogP contribution < -0.4 is 0 Å². The molecule has 3 rings (SSSR count). The van der Waals surface area contributed by atoms with E-state index in [-0.39, 0.29) is 11.2 Å². The van der Waals surface area contributed by atoms with E-state index in [9.17, 15) is 8.78 Å². The lowest BCUT2D eigenvalue weighted by atomic mass is 9.68. The molecule has 2 aliphatic rings. The molecule has 2 aliphatic carbocycles. The Morgan fingerprint density at radius 2 is 1.95 bits per heavy atom. The fourth-order valence-electron chi connectivity index (χ4n) is 3.60. The van der Waals surface area contributed by atoms with Gasteiger partial charge < -0.3 is 0 Å². The maximum Gasteiger partial charge on any atom is 0.280 e. The van der Waals surface area contributed by atoms with Crippen LogP contribution in [0, 0.1) is 5.92 Å². The highest BCUT2D eigenvalue weighted by atomic mass is 35.5. The first kappa shape index (κ1) is 15.8. The fraction of sp³-hybridized carbons (Fsp3) is 0.667. The Bertz CT molecular complexity index is 512. The zero-order valence-corrected chi connectivity index (χ0v) is 13.8. The van der Waals surface area contributed by atoms with Gasteiger partial charge in [-0.3, -0.25) is 0 Å². The zero-order valence-electron chi connectivity index (χ0n) is 11.5. The highest BCUT2D eigenvalue weighted by Gasteiger charge is 2.66. The molecule has 0 saturated heterocycles. The Morgan fingerprint density at radius 1 is 1.14 bits per heavy atom. The van der Waals surface area contributed by atoms with E-state index < -0.39 is 16.2 Å². The molecule has 0 bridgehead atoms. The average molecular weight is 352 g/mol. The van der Waals surface area contributed by atoms with Crippen molar-refractivity contribution < 1.29 is 8.78 Å². The molecule has 0 aliphatic heterocycles. The van der Waals surface area contributed by atoms with Crippen molar-refractivity contribution in [3.05, 3.63) is 24.4 Å². The number of hydrogen-bond donors (Lipinski definition) is 0. The van der Waals surface area contributed by atoms with E-state index in [0.717, 1.165) is 24.3 Å². The molecule has 2 atom stereocenters. The lowest BCUT2D eigenvalue weighted by Gasteiger charge is -2.54. The second-order valence-corrected chi connectivity index (χ2v) is 8.78. The van der Waals surface area contributed by atoms with Crippen molar-refractivity contribution in [2.45, 2.75) is 58.6 Å². The molecular formula is C15H17Cl2F2NS. The third kappa shape index (κ3) is 2.68. The largest absolute Gasteiger partial charge is 0.280 e. The molecule has 1 nitrogen and oxygen atoms in total. The van der Waals surface area contributed by atoms with E-state index in [1.807, 2.05) is 18.2 Å². The Labute approximate surface area is 137 Å². The lowest BCUT2D eigenvalue weighted by molar-refractivity contribution is -0.0799. The summed E-state index contributed by atoms with van der Waals surface area (Å²) in [6.45, 7) is 0. The number of nitrogens with zero attached hydrogens (tertiary/aromatic N) is 1. The maximum absolute atomic E-state index is 14.2. The monoisotopic (exact) mass is 351 g/mol. The fourth-order valence-corrected chi connectivity index (χ4v) is 6.12. The minimum atomic E-state index is -3.02. The zero-order chi connectivity index (χ0) is 15.1. The molecule has 6 heteroatoms. The van der Waals surface area contributed by atoms with Crippen LogP contribution in [0.4, 0.5) is 8.78 Å². The first-order chi connectivity index (χ1) is 9.87. The van der Waals surface area contributed by atoms with Crippen LogP contribution in [-0.4, -0.2) is 20.0 Å². The highest BCUT2D eigenvalue weighted by Crippen LogP contribution is 2.64. The van der Waals surface area contributed by atoms with Crippen molar-refractivity contribution in [1.82, 2.24) is 4.98 Å². The minimum absolute atomic E-state index is 0.254. The van der Waals surface area contributed by atoms with Gasteiger partial charge in [0.1, 0.15) is 0 Å². The van der Waals surface area contributed by atoms with Gasteiger partial charge in [-0.15, -0.1) is 0 Å². The highest BCUT2D eigenvalue weighted by molar-refractivity contribution is 8.00. The molecule has 1 heterocycles.